The summed E-state index contributed by atoms with van der Waals surface area (Å²) in [6.07, 6.45) is -11.6. The van der Waals surface area contributed by atoms with E-state index in [0.717, 1.165) is 41.5 Å². The first-order valence-electron chi connectivity index (χ1n) is 13.2. The monoisotopic (exact) mass is 577 g/mol. The lowest BCUT2D eigenvalue weighted by Gasteiger charge is -2.62. The van der Waals surface area contributed by atoms with Gasteiger partial charge in [-0.3, -0.25) is 0 Å². The lowest BCUT2D eigenvalue weighted by Crippen LogP contribution is -2.74. The van der Waals surface area contributed by atoms with Crippen molar-refractivity contribution in [1.29, 1.82) is 0 Å². The summed E-state index contributed by atoms with van der Waals surface area (Å²) < 4.78 is 159. The van der Waals surface area contributed by atoms with Gasteiger partial charge in [-0.05, 0) is 44.9 Å². The molecule has 230 valence electrons. The van der Waals surface area contributed by atoms with Crippen LogP contribution in [0.5, 0.6) is 0 Å². The molecular weight excluding hydrogens is 532 g/mol. The standard InChI is InChI=1S/C26H45F10NO/c1-10-18(8,11-2)22(27,28)23(29,30)20(13-4,14-5)21(15-6,16-7)24(31,32)25(33,38-26(34,35)36)19(9,12-3)17-37/h10-17,37H2,1-9H3. The Labute approximate surface area is 220 Å². The summed E-state index contributed by atoms with van der Waals surface area (Å²) in [4.78, 5) is 0. The van der Waals surface area contributed by atoms with Gasteiger partial charge >= 0.3 is 24.1 Å². The molecule has 2 atom stereocenters. The van der Waals surface area contributed by atoms with Crippen molar-refractivity contribution < 1.29 is 48.6 Å². The minimum Gasteiger partial charge on any atom is -0.330 e. The highest BCUT2D eigenvalue weighted by Crippen LogP contribution is 2.73. The highest BCUT2D eigenvalue weighted by Gasteiger charge is 2.85. The van der Waals surface area contributed by atoms with Gasteiger partial charge in [0.15, 0.2) is 0 Å². The summed E-state index contributed by atoms with van der Waals surface area (Å²) in [6.45, 7) is 8.05. The van der Waals surface area contributed by atoms with Gasteiger partial charge in [-0.2, -0.15) is 26.3 Å². The fraction of sp³-hybridized carbons (Fsp3) is 1.00. The molecule has 0 aromatic rings. The Bertz CT molecular complexity index is 752. The van der Waals surface area contributed by atoms with Gasteiger partial charge in [-0.1, -0.05) is 62.3 Å². The van der Waals surface area contributed by atoms with Crippen LogP contribution < -0.4 is 5.73 Å². The van der Waals surface area contributed by atoms with Gasteiger partial charge in [0.05, 0.1) is 10.8 Å². The molecule has 0 amide bonds. The molecule has 2 nitrogen and oxygen atoms in total. The fourth-order valence-electron chi connectivity index (χ4n) is 6.25. The third-order valence-electron chi connectivity index (χ3n) is 9.91. The molecule has 2 N–H and O–H groups in total. The normalized spacial score (nSPS) is 18.3. The molecule has 2 unspecified atom stereocenters. The van der Waals surface area contributed by atoms with Gasteiger partial charge in [0.2, 0.25) is 0 Å². The fourth-order valence-corrected chi connectivity index (χ4v) is 6.25. The average Bonchev–Trinajstić information content (AvgIpc) is 2.84. The van der Waals surface area contributed by atoms with E-state index in [1.165, 1.54) is 13.8 Å². The van der Waals surface area contributed by atoms with Crippen LogP contribution in [-0.4, -0.2) is 36.5 Å². The lowest BCUT2D eigenvalue weighted by molar-refractivity contribution is -0.478. The van der Waals surface area contributed by atoms with Crippen molar-refractivity contribution in [2.24, 2.45) is 27.4 Å². The van der Waals surface area contributed by atoms with E-state index < -0.39 is 103 Å². The van der Waals surface area contributed by atoms with Crippen molar-refractivity contribution in [3.05, 3.63) is 0 Å². The second-order valence-corrected chi connectivity index (χ2v) is 10.8. The first kappa shape index (κ1) is 37.2. The molecule has 38 heavy (non-hydrogen) atoms. The summed E-state index contributed by atoms with van der Waals surface area (Å²) >= 11 is 0. The summed E-state index contributed by atoms with van der Waals surface area (Å²) in [5.41, 5.74) is -6.36. The van der Waals surface area contributed by atoms with Crippen molar-refractivity contribution >= 4 is 0 Å². The molecule has 0 aromatic carbocycles. The molecule has 0 saturated carbocycles. The number of nitrogens with two attached hydrogens (primary N) is 1. The maximum atomic E-state index is 16.8. The Morgan fingerprint density at radius 3 is 1.03 bits per heavy atom. The van der Waals surface area contributed by atoms with Crippen LogP contribution in [0.25, 0.3) is 0 Å². The highest BCUT2D eigenvalue weighted by molar-refractivity contribution is 5.19. The molecule has 0 aliphatic rings. The van der Waals surface area contributed by atoms with Crippen molar-refractivity contribution in [3.63, 3.8) is 0 Å². The van der Waals surface area contributed by atoms with Crippen LogP contribution in [0.1, 0.15) is 107 Å². The molecule has 0 heterocycles. The van der Waals surface area contributed by atoms with Gasteiger partial charge in [0, 0.05) is 17.4 Å². The van der Waals surface area contributed by atoms with Crippen molar-refractivity contribution in [2.75, 3.05) is 6.54 Å². The lowest BCUT2D eigenvalue weighted by atomic mass is 9.47. The van der Waals surface area contributed by atoms with Gasteiger partial charge < -0.3 is 5.73 Å². The van der Waals surface area contributed by atoms with Gasteiger partial charge in [0.1, 0.15) is 0 Å². The molecule has 0 aliphatic heterocycles. The van der Waals surface area contributed by atoms with Crippen LogP contribution in [0.4, 0.5) is 43.9 Å². The largest absolute Gasteiger partial charge is 0.525 e. The molecular formula is C26H45F10NO. The molecule has 0 saturated heterocycles. The van der Waals surface area contributed by atoms with E-state index >= 15 is 30.7 Å². The number of halogens is 10. The molecule has 0 rings (SSSR count). The minimum atomic E-state index is -5.96. The molecule has 0 aliphatic carbocycles. The summed E-state index contributed by atoms with van der Waals surface area (Å²) in [5, 5.41) is 0. The molecule has 12 heteroatoms. The predicted molar refractivity (Wildman–Crippen MR) is 128 cm³/mol. The van der Waals surface area contributed by atoms with Crippen molar-refractivity contribution in [1.82, 2.24) is 0 Å². The first-order chi connectivity index (χ1) is 16.9. The Kier molecular flexibility index (Phi) is 11.4. The van der Waals surface area contributed by atoms with Crippen LogP contribution in [0.2, 0.25) is 0 Å². The van der Waals surface area contributed by atoms with Crippen molar-refractivity contribution in [3.8, 4) is 0 Å². The topological polar surface area (TPSA) is 35.2 Å². The number of rotatable bonds is 16. The molecule has 0 fully saturated rings. The van der Waals surface area contributed by atoms with Crippen LogP contribution in [0.3, 0.4) is 0 Å². The summed E-state index contributed by atoms with van der Waals surface area (Å²) in [6, 6.07) is 0. The zero-order chi connectivity index (χ0) is 30.9. The average molecular weight is 578 g/mol. The zero-order valence-corrected chi connectivity index (χ0v) is 23.9. The maximum Gasteiger partial charge on any atom is 0.525 e. The van der Waals surface area contributed by atoms with E-state index in [1.807, 2.05) is 0 Å². The Balaban J connectivity index is 8.06. The number of alkyl halides is 10. The minimum absolute atomic E-state index is 0.442. The van der Waals surface area contributed by atoms with E-state index in [2.05, 4.69) is 4.74 Å². The van der Waals surface area contributed by atoms with E-state index in [9.17, 15) is 13.2 Å². The van der Waals surface area contributed by atoms with Gasteiger partial charge in [-0.15, -0.1) is 13.2 Å². The van der Waals surface area contributed by atoms with E-state index in [0.29, 0.717) is 6.92 Å². The second-order valence-electron chi connectivity index (χ2n) is 10.8. The quantitative estimate of drug-likeness (QED) is 0.185. The van der Waals surface area contributed by atoms with Crippen LogP contribution in [0, 0.1) is 21.7 Å². The Morgan fingerprint density at radius 2 is 0.789 bits per heavy atom. The molecule has 0 aromatic heterocycles. The summed E-state index contributed by atoms with van der Waals surface area (Å²) in [7, 11) is 0. The maximum absolute atomic E-state index is 16.8. The first-order valence-corrected chi connectivity index (χ1v) is 13.2. The zero-order valence-electron chi connectivity index (χ0n) is 23.9. The van der Waals surface area contributed by atoms with E-state index in [4.69, 9.17) is 5.73 Å². The van der Waals surface area contributed by atoms with Crippen LogP contribution >= 0.6 is 0 Å². The second kappa shape index (κ2) is 11.6. The predicted octanol–water partition coefficient (Wildman–Crippen LogP) is 9.91. The number of hydrogen-bond acceptors (Lipinski definition) is 2. The van der Waals surface area contributed by atoms with Crippen LogP contribution in [0.15, 0.2) is 0 Å². The number of hydrogen-bond donors (Lipinski definition) is 1. The SMILES string of the molecule is CCC(C)(CC)C(F)(F)C(F)(F)C(CC)(CC)C(CC)(CC)C(F)(F)C(F)(OC(F)(F)F)C(C)(CC)CN. The Morgan fingerprint density at radius 1 is 0.474 bits per heavy atom. The molecule has 0 radical (unpaired) electrons. The summed E-state index contributed by atoms with van der Waals surface area (Å²) in [5.74, 6) is -20.4. The number of ether oxygens (including phenoxy) is 1. The molecule has 0 bridgehead atoms. The Hall–Kier alpha value is -0.780. The van der Waals surface area contributed by atoms with Crippen molar-refractivity contribution in [2.45, 2.75) is 137 Å². The van der Waals surface area contributed by atoms with E-state index in [-0.39, 0.29) is 0 Å². The third kappa shape index (κ3) is 4.85. The van der Waals surface area contributed by atoms with Crippen LogP contribution in [-0.2, 0) is 4.74 Å². The smallest absolute Gasteiger partial charge is 0.330 e. The molecule has 0 spiro atoms. The third-order valence-corrected chi connectivity index (χ3v) is 9.91. The van der Waals surface area contributed by atoms with Gasteiger partial charge in [-0.25, -0.2) is 9.13 Å². The highest BCUT2D eigenvalue weighted by atomic mass is 19.4. The van der Waals surface area contributed by atoms with Gasteiger partial charge in [0.25, 0.3) is 5.85 Å². The van der Waals surface area contributed by atoms with E-state index in [1.54, 1.807) is 0 Å².